The molecule has 0 aliphatic rings. The van der Waals surface area contributed by atoms with E-state index in [1.165, 1.54) is 0 Å². The summed E-state index contributed by atoms with van der Waals surface area (Å²) < 4.78 is 0. The first-order valence-electron chi connectivity index (χ1n) is 7.07. The van der Waals surface area contributed by atoms with Gasteiger partial charge >= 0.3 is 0 Å². The van der Waals surface area contributed by atoms with E-state index in [-0.39, 0.29) is 0 Å². The van der Waals surface area contributed by atoms with Crippen LogP contribution in [0.25, 0.3) is 22.2 Å². The van der Waals surface area contributed by atoms with Gasteiger partial charge in [0, 0.05) is 40.3 Å². The van der Waals surface area contributed by atoms with E-state index in [1.54, 1.807) is 18.6 Å². The second-order valence-electron chi connectivity index (χ2n) is 5.02. The van der Waals surface area contributed by atoms with E-state index < -0.39 is 0 Å². The number of nitrogens with zero attached hydrogens (tertiary/aromatic N) is 3. The zero-order chi connectivity index (χ0) is 15.6. The average molecular weight is 322 g/mol. The number of rotatable bonds is 3. The van der Waals surface area contributed by atoms with Gasteiger partial charge in [-0.1, -0.05) is 17.7 Å². The molecule has 4 aromatic rings. The van der Waals surface area contributed by atoms with Crippen molar-refractivity contribution >= 4 is 34.1 Å². The lowest BCUT2D eigenvalue weighted by Gasteiger charge is -2.06. The number of aromatic nitrogens is 4. The Morgan fingerprint density at radius 2 is 2.04 bits per heavy atom. The number of hydrogen-bond acceptors (Lipinski definition) is 4. The van der Waals surface area contributed by atoms with Crippen LogP contribution in [-0.2, 0) is 0 Å². The molecule has 0 bridgehead atoms. The minimum absolute atomic E-state index is 0.521. The molecule has 0 radical (unpaired) electrons. The second-order valence-corrected chi connectivity index (χ2v) is 5.46. The molecule has 4 rings (SSSR count). The molecule has 0 amide bonds. The fraction of sp³-hybridized carbons (Fsp3) is 0. The summed E-state index contributed by atoms with van der Waals surface area (Å²) in [6.45, 7) is 0. The smallest absolute Gasteiger partial charge is 0.227 e. The van der Waals surface area contributed by atoms with Gasteiger partial charge in [-0.3, -0.25) is 4.98 Å². The molecule has 112 valence electrons. The topological polar surface area (TPSA) is 66.5 Å². The summed E-state index contributed by atoms with van der Waals surface area (Å²) in [5.74, 6) is 0.521. The Kier molecular flexibility index (Phi) is 3.40. The molecule has 2 N–H and O–H groups in total. The van der Waals surface area contributed by atoms with Gasteiger partial charge in [-0.15, -0.1) is 0 Å². The number of pyridine rings is 1. The largest absolute Gasteiger partial charge is 0.359 e. The van der Waals surface area contributed by atoms with Crippen molar-refractivity contribution in [3.63, 3.8) is 0 Å². The molecule has 0 saturated carbocycles. The number of benzene rings is 1. The monoisotopic (exact) mass is 321 g/mol. The molecule has 23 heavy (non-hydrogen) atoms. The van der Waals surface area contributed by atoms with Gasteiger partial charge in [-0.25, -0.2) is 9.97 Å². The average Bonchev–Trinajstić information content (AvgIpc) is 2.99. The van der Waals surface area contributed by atoms with Gasteiger partial charge in [0.25, 0.3) is 0 Å². The highest BCUT2D eigenvalue weighted by molar-refractivity contribution is 6.30. The standard InChI is InChI=1S/C17H12ClN5/c18-11-2-1-3-12(8-11)22-17-20-7-5-15(23-17)14-9-21-16-10-19-6-4-13(14)16/h1-10,21H,(H,20,22,23). The lowest BCUT2D eigenvalue weighted by molar-refractivity contribution is 1.17. The predicted octanol–water partition coefficient (Wildman–Crippen LogP) is 4.42. The lowest BCUT2D eigenvalue weighted by atomic mass is 10.1. The molecule has 0 aliphatic heterocycles. The zero-order valence-corrected chi connectivity index (χ0v) is 12.7. The maximum Gasteiger partial charge on any atom is 0.227 e. The van der Waals surface area contributed by atoms with Crippen molar-refractivity contribution in [3.05, 3.63) is 66.2 Å². The first kappa shape index (κ1) is 13.7. The normalized spacial score (nSPS) is 10.8. The summed E-state index contributed by atoms with van der Waals surface area (Å²) in [6, 6.07) is 11.3. The Bertz CT molecular complexity index is 979. The maximum atomic E-state index is 6.00. The molecule has 1 aromatic carbocycles. The third-order valence-corrected chi connectivity index (χ3v) is 3.73. The van der Waals surface area contributed by atoms with Crippen LogP contribution in [0.2, 0.25) is 5.02 Å². The number of fused-ring (bicyclic) bond motifs is 1. The van der Waals surface area contributed by atoms with Crippen molar-refractivity contribution in [2.75, 3.05) is 5.32 Å². The van der Waals surface area contributed by atoms with Crippen LogP contribution in [0.1, 0.15) is 0 Å². The number of H-pyrrole nitrogens is 1. The highest BCUT2D eigenvalue weighted by Gasteiger charge is 2.08. The van der Waals surface area contributed by atoms with Gasteiger partial charge in [0.05, 0.1) is 17.4 Å². The fourth-order valence-corrected chi connectivity index (χ4v) is 2.64. The molecule has 0 spiro atoms. The lowest BCUT2D eigenvalue weighted by Crippen LogP contribution is -1.97. The number of aromatic amines is 1. The molecule has 0 unspecified atom stereocenters. The van der Waals surface area contributed by atoms with Gasteiger partial charge in [0.1, 0.15) is 0 Å². The summed E-state index contributed by atoms with van der Waals surface area (Å²) in [6.07, 6.45) is 7.23. The van der Waals surface area contributed by atoms with Gasteiger partial charge < -0.3 is 10.3 Å². The van der Waals surface area contributed by atoms with Crippen LogP contribution < -0.4 is 5.32 Å². The summed E-state index contributed by atoms with van der Waals surface area (Å²) in [4.78, 5) is 16.2. The summed E-state index contributed by atoms with van der Waals surface area (Å²) in [7, 11) is 0. The molecule has 3 aromatic heterocycles. The van der Waals surface area contributed by atoms with Crippen molar-refractivity contribution in [2.45, 2.75) is 0 Å². The minimum Gasteiger partial charge on any atom is -0.359 e. The van der Waals surface area contributed by atoms with Crippen LogP contribution in [-0.4, -0.2) is 19.9 Å². The van der Waals surface area contributed by atoms with E-state index >= 15 is 0 Å². The number of hydrogen-bond donors (Lipinski definition) is 2. The van der Waals surface area contributed by atoms with E-state index in [2.05, 4.69) is 25.3 Å². The maximum absolute atomic E-state index is 6.00. The van der Waals surface area contributed by atoms with Crippen LogP contribution in [0.15, 0.2) is 61.2 Å². The van der Waals surface area contributed by atoms with Crippen LogP contribution in [0.3, 0.4) is 0 Å². The Labute approximate surface area is 137 Å². The van der Waals surface area contributed by atoms with Crippen LogP contribution >= 0.6 is 11.6 Å². The molecule has 0 aliphatic carbocycles. The van der Waals surface area contributed by atoms with Gasteiger partial charge in [-0.05, 0) is 30.3 Å². The summed E-state index contributed by atoms with van der Waals surface area (Å²) in [5.41, 5.74) is 3.67. The summed E-state index contributed by atoms with van der Waals surface area (Å²) in [5, 5.41) is 4.90. The molecule has 6 heteroatoms. The Morgan fingerprint density at radius 1 is 1.09 bits per heavy atom. The quantitative estimate of drug-likeness (QED) is 0.586. The van der Waals surface area contributed by atoms with Crippen molar-refractivity contribution in [1.82, 2.24) is 19.9 Å². The number of halogens is 1. The third kappa shape index (κ3) is 2.74. The van der Waals surface area contributed by atoms with E-state index in [0.717, 1.165) is 27.8 Å². The molecule has 0 fully saturated rings. The third-order valence-electron chi connectivity index (χ3n) is 3.50. The SMILES string of the molecule is Clc1cccc(Nc2nccc(-c3c[nH]c4cnccc34)n2)c1. The Morgan fingerprint density at radius 3 is 2.96 bits per heavy atom. The van der Waals surface area contributed by atoms with Crippen molar-refractivity contribution in [1.29, 1.82) is 0 Å². The molecular weight excluding hydrogens is 310 g/mol. The molecule has 0 saturated heterocycles. The van der Waals surface area contributed by atoms with Crippen molar-refractivity contribution in [3.8, 4) is 11.3 Å². The number of anilines is 2. The van der Waals surface area contributed by atoms with Crippen molar-refractivity contribution in [2.24, 2.45) is 0 Å². The van der Waals surface area contributed by atoms with Crippen LogP contribution in [0.4, 0.5) is 11.6 Å². The highest BCUT2D eigenvalue weighted by Crippen LogP contribution is 2.27. The first-order chi connectivity index (χ1) is 11.3. The molecular formula is C17H12ClN5. The van der Waals surface area contributed by atoms with Crippen LogP contribution in [0.5, 0.6) is 0 Å². The summed E-state index contributed by atoms with van der Waals surface area (Å²) >= 11 is 6.00. The van der Waals surface area contributed by atoms with E-state index in [0.29, 0.717) is 11.0 Å². The van der Waals surface area contributed by atoms with Gasteiger partial charge in [-0.2, -0.15) is 0 Å². The van der Waals surface area contributed by atoms with Crippen molar-refractivity contribution < 1.29 is 0 Å². The van der Waals surface area contributed by atoms with E-state index in [1.807, 2.05) is 42.6 Å². The molecule has 5 nitrogen and oxygen atoms in total. The highest BCUT2D eigenvalue weighted by atomic mass is 35.5. The Hall–Kier alpha value is -2.92. The van der Waals surface area contributed by atoms with Gasteiger partial charge in [0.2, 0.25) is 5.95 Å². The zero-order valence-electron chi connectivity index (χ0n) is 12.0. The fourth-order valence-electron chi connectivity index (χ4n) is 2.45. The van der Waals surface area contributed by atoms with E-state index in [4.69, 9.17) is 11.6 Å². The second kappa shape index (κ2) is 5.70. The van der Waals surface area contributed by atoms with Gasteiger partial charge in [0.15, 0.2) is 0 Å². The molecule has 0 atom stereocenters. The number of nitrogens with one attached hydrogen (secondary N) is 2. The van der Waals surface area contributed by atoms with E-state index in [9.17, 15) is 0 Å². The van der Waals surface area contributed by atoms with Crippen LogP contribution in [0, 0.1) is 0 Å². The Balaban J connectivity index is 1.71. The first-order valence-corrected chi connectivity index (χ1v) is 7.44. The molecule has 3 heterocycles. The predicted molar refractivity (Wildman–Crippen MR) is 91.9 cm³/mol. The minimum atomic E-state index is 0.521.